The van der Waals surface area contributed by atoms with Gasteiger partial charge in [-0.3, -0.25) is 10.1 Å². The number of nitrogens with two attached hydrogens (primary N) is 1. The van der Waals surface area contributed by atoms with Crippen LogP contribution in [0.2, 0.25) is 0 Å². The van der Waals surface area contributed by atoms with Crippen LogP contribution < -0.4 is 11.1 Å². The SMILES string of the molecule is COC(=O)c1cc(-c2c(NC(N)=O)cccc2C(F)(F)F)c(O)cc1[N+](=O)[O-]. The van der Waals surface area contributed by atoms with Gasteiger partial charge in [0.15, 0.2) is 0 Å². The van der Waals surface area contributed by atoms with Gasteiger partial charge >= 0.3 is 18.2 Å². The number of primary amides is 1. The molecule has 2 amide bonds. The van der Waals surface area contributed by atoms with Crippen LogP contribution in [-0.4, -0.2) is 29.1 Å². The zero-order valence-electron chi connectivity index (χ0n) is 14.0. The molecule has 0 bridgehead atoms. The molecule has 2 rings (SSSR count). The van der Waals surface area contributed by atoms with Crippen LogP contribution in [0.4, 0.5) is 29.3 Å². The van der Waals surface area contributed by atoms with Crippen LogP contribution in [0.5, 0.6) is 5.75 Å². The maximum Gasteiger partial charge on any atom is 0.417 e. The van der Waals surface area contributed by atoms with Crippen LogP contribution >= 0.6 is 0 Å². The lowest BCUT2D eigenvalue weighted by Gasteiger charge is -2.18. The van der Waals surface area contributed by atoms with E-state index in [1.807, 2.05) is 5.32 Å². The molecule has 0 atom stereocenters. The number of phenols is 1. The number of hydrogen-bond donors (Lipinski definition) is 3. The molecule has 0 aliphatic carbocycles. The molecule has 4 N–H and O–H groups in total. The van der Waals surface area contributed by atoms with Crippen molar-refractivity contribution in [3.8, 4) is 16.9 Å². The van der Waals surface area contributed by atoms with Crippen molar-refractivity contribution in [2.24, 2.45) is 5.73 Å². The summed E-state index contributed by atoms with van der Waals surface area (Å²) in [5, 5.41) is 23.3. The largest absolute Gasteiger partial charge is 0.507 e. The van der Waals surface area contributed by atoms with Crippen molar-refractivity contribution < 1.29 is 37.5 Å². The number of nitrogens with one attached hydrogen (secondary N) is 1. The molecule has 12 heteroatoms. The van der Waals surface area contributed by atoms with Crippen LogP contribution in [0.3, 0.4) is 0 Å². The Balaban J connectivity index is 2.92. The summed E-state index contributed by atoms with van der Waals surface area (Å²) < 4.78 is 44.9. The highest BCUT2D eigenvalue weighted by Crippen LogP contribution is 2.45. The quantitative estimate of drug-likeness (QED) is 0.409. The summed E-state index contributed by atoms with van der Waals surface area (Å²) in [4.78, 5) is 33.1. The van der Waals surface area contributed by atoms with Gasteiger partial charge in [0.25, 0.3) is 5.69 Å². The maximum atomic E-state index is 13.5. The molecule has 0 saturated carbocycles. The summed E-state index contributed by atoms with van der Waals surface area (Å²) in [6, 6.07) is 2.74. The second-order valence-corrected chi connectivity index (χ2v) is 5.35. The van der Waals surface area contributed by atoms with Gasteiger partial charge in [0.05, 0.1) is 29.4 Å². The Kier molecular flexibility index (Phi) is 5.43. The first-order valence-electron chi connectivity index (χ1n) is 7.34. The number of nitro benzene ring substituents is 1. The van der Waals surface area contributed by atoms with Crippen LogP contribution in [0.25, 0.3) is 11.1 Å². The van der Waals surface area contributed by atoms with E-state index in [0.717, 1.165) is 19.2 Å². The molecule has 0 radical (unpaired) electrons. The Morgan fingerprint density at radius 1 is 1.29 bits per heavy atom. The smallest absolute Gasteiger partial charge is 0.417 e. The normalized spacial score (nSPS) is 11.0. The molecule has 0 heterocycles. The van der Waals surface area contributed by atoms with E-state index in [1.165, 1.54) is 0 Å². The molecule has 148 valence electrons. The lowest BCUT2D eigenvalue weighted by molar-refractivity contribution is -0.385. The van der Waals surface area contributed by atoms with Gasteiger partial charge in [-0.2, -0.15) is 13.2 Å². The third-order valence-corrected chi connectivity index (χ3v) is 3.61. The number of alkyl halides is 3. The number of benzene rings is 2. The number of nitrogens with zero attached hydrogens (tertiary/aromatic N) is 1. The Morgan fingerprint density at radius 2 is 1.93 bits per heavy atom. The standard InChI is InChI=1S/C16H12F3N3O6/c1-28-14(24)7-5-8(12(23)6-11(7)22(26)27)13-9(16(17,18)19)3-2-4-10(13)21-15(20)25/h2-6,23H,1H3,(H3,20,21,25). The van der Waals surface area contributed by atoms with E-state index >= 15 is 0 Å². The number of ether oxygens (including phenoxy) is 1. The number of esters is 1. The molecule has 0 aliphatic rings. The fraction of sp³-hybridized carbons (Fsp3) is 0.125. The highest BCUT2D eigenvalue weighted by atomic mass is 19.4. The fourth-order valence-electron chi connectivity index (χ4n) is 2.52. The zero-order valence-corrected chi connectivity index (χ0v) is 14.0. The number of rotatable bonds is 4. The van der Waals surface area contributed by atoms with E-state index in [0.29, 0.717) is 18.2 Å². The number of phenolic OH excluding ortho intramolecular Hbond substituents is 1. The zero-order chi connectivity index (χ0) is 21.2. The number of urea groups is 1. The number of methoxy groups -OCH3 is 1. The fourth-order valence-corrected chi connectivity index (χ4v) is 2.52. The summed E-state index contributed by atoms with van der Waals surface area (Å²) in [6.07, 6.45) is -4.93. The number of hydrogen-bond acceptors (Lipinski definition) is 6. The summed E-state index contributed by atoms with van der Waals surface area (Å²) >= 11 is 0. The summed E-state index contributed by atoms with van der Waals surface area (Å²) in [5.74, 6) is -2.13. The molecule has 28 heavy (non-hydrogen) atoms. The van der Waals surface area contributed by atoms with Gasteiger partial charge in [0.2, 0.25) is 0 Å². The Morgan fingerprint density at radius 3 is 2.43 bits per heavy atom. The van der Waals surface area contributed by atoms with Gasteiger partial charge in [0.1, 0.15) is 11.3 Å². The van der Waals surface area contributed by atoms with Crippen molar-refractivity contribution in [3.63, 3.8) is 0 Å². The van der Waals surface area contributed by atoms with E-state index < -0.39 is 62.5 Å². The van der Waals surface area contributed by atoms with Gasteiger partial charge < -0.3 is 20.9 Å². The highest BCUT2D eigenvalue weighted by Gasteiger charge is 2.36. The minimum Gasteiger partial charge on any atom is -0.507 e. The summed E-state index contributed by atoms with van der Waals surface area (Å²) in [6.45, 7) is 0. The number of carbonyl (C=O) groups excluding carboxylic acids is 2. The van der Waals surface area contributed by atoms with Gasteiger partial charge in [-0.05, 0) is 18.2 Å². The molecule has 0 saturated heterocycles. The van der Waals surface area contributed by atoms with Crippen molar-refractivity contribution >= 4 is 23.4 Å². The van der Waals surface area contributed by atoms with Crippen molar-refractivity contribution in [1.29, 1.82) is 0 Å². The average molecular weight is 399 g/mol. The molecule has 2 aromatic rings. The van der Waals surface area contributed by atoms with E-state index in [9.17, 15) is 38.0 Å². The number of halogens is 3. The minimum absolute atomic E-state index is 0.428. The van der Waals surface area contributed by atoms with E-state index in [1.54, 1.807) is 0 Å². The second-order valence-electron chi connectivity index (χ2n) is 5.35. The Labute approximate surface area is 154 Å². The first-order chi connectivity index (χ1) is 13.0. The molecule has 0 aliphatic heterocycles. The van der Waals surface area contributed by atoms with E-state index in [-0.39, 0.29) is 0 Å². The third kappa shape index (κ3) is 3.95. The van der Waals surface area contributed by atoms with Crippen molar-refractivity contribution in [1.82, 2.24) is 0 Å². The van der Waals surface area contributed by atoms with Crippen molar-refractivity contribution in [3.05, 3.63) is 51.6 Å². The van der Waals surface area contributed by atoms with E-state index in [2.05, 4.69) is 4.74 Å². The molecule has 0 fully saturated rings. The average Bonchev–Trinajstić information content (AvgIpc) is 2.59. The number of nitro groups is 1. The number of anilines is 1. The molecule has 2 aromatic carbocycles. The molecule has 0 unspecified atom stereocenters. The minimum atomic E-state index is -4.93. The third-order valence-electron chi connectivity index (χ3n) is 3.61. The lowest BCUT2D eigenvalue weighted by Crippen LogP contribution is -2.21. The van der Waals surface area contributed by atoms with Crippen LogP contribution in [0.15, 0.2) is 30.3 Å². The number of carbonyl (C=O) groups is 2. The predicted octanol–water partition coefficient (Wildman–Crippen LogP) is 3.26. The number of amides is 2. The first-order valence-corrected chi connectivity index (χ1v) is 7.34. The first kappa shape index (κ1) is 20.5. The van der Waals surface area contributed by atoms with Gasteiger partial charge in [-0.15, -0.1) is 0 Å². The predicted molar refractivity (Wildman–Crippen MR) is 89.7 cm³/mol. The van der Waals surface area contributed by atoms with Crippen LogP contribution in [0, 0.1) is 10.1 Å². The Hall–Kier alpha value is -3.83. The van der Waals surface area contributed by atoms with Crippen molar-refractivity contribution in [2.75, 3.05) is 12.4 Å². The summed E-state index contributed by atoms with van der Waals surface area (Å²) in [5.41, 5.74) is 0.377. The van der Waals surface area contributed by atoms with Crippen molar-refractivity contribution in [2.45, 2.75) is 6.18 Å². The number of aromatic hydroxyl groups is 1. The van der Waals surface area contributed by atoms with Gasteiger partial charge in [-0.1, -0.05) is 6.07 Å². The monoisotopic (exact) mass is 399 g/mol. The van der Waals surface area contributed by atoms with E-state index in [4.69, 9.17) is 5.73 Å². The van der Waals surface area contributed by atoms with Crippen LogP contribution in [-0.2, 0) is 10.9 Å². The van der Waals surface area contributed by atoms with Gasteiger partial charge in [0, 0.05) is 11.1 Å². The van der Waals surface area contributed by atoms with Crippen LogP contribution in [0.1, 0.15) is 15.9 Å². The maximum absolute atomic E-state index is 13.5. The topological polar surface area (TPSA) is 145 Å². The Bertz CT molecular complexity index is 975. The highest BCUT2D eigenvalue weighted by molar-refractivity contribution is 6.00. The lowest BCUT2D eigenvalue weighted by atomic mass is 9.94. The molecular weight excluding hydrogens is 387 g/mol. The molecular formula is C16H12F3N3O6. The molecule has 0 spiro atoms. The molecule has 9 nitrogen and oxygen atoms in total. The second kappa shape index (κ2) is 7.42. The summed E-state index contributed by atoms with van der Waals surface area (Å²) in [7, 11) is 0.919. The molecule has 0 aromatic heterocycles. The van der Waals surface area contributed by atoms with Gasteiger partial charge in [-0.25, -0.2) is 9.59 Å².